The van der Waals surface area contributed by atoms with Gasteiger partial charge in [-0.05, 0) is 17.7 Å². The Morgan fingerprint density at radius 2 is 1.85 bits per heavy atom. The summed E-state index contributed by atoms with van der Waals surface area (Å²) >= 11 is 0. The summed E-state index contributed by atoms with van der Waals surface area (Å²) in [6.07, 6.45) is 0.564. The van der Waals surface area contributed by atoms with Gasteiger partial charge >= 0.3 is 0 Å². The molecule has 2 heterocycles. The number of amides is 2. The fourth-order valence-corrected chi connectivity index (χ4v) is 3.55. The van der Waals surface area contributed by atoms with E-state index in [4.69, 9.17) is 4.74 Å². The first-order valence-corrected chi connectivity index (χ1v) is 8.81. The molecule has 1 aliphatic heterocycles. The second kappa shape index (κ2) is 6.88. The smallest absolute Gasteiger partial charge is 0.269 e. The lowest BCUT2D eigenvalue weighted by Crippen LogP contribution is -2.30. The Morgan fingerprint density at radius 3 is 2.54 bits per heavy atom. The van der Waals surface area contributed by atoms with Crippen LogP contribution >= 0.6 is 0 Å². The molecule has 0 radical (unpaired) electrons. The molecule has 1 aliphatic carbocycles. The number of benzene rings is 1. The van der Waals surface area contributed by atoms with Crippen LogP contribution in [0.25, 0.3) is 0 Å². The molecule has 1 aromatic heterocycles. The van der Waals surface area contributed by atoms with E-state index in [1.807, 2.05) is 30.3 Å². The minimum absolute atomic E-state index is 0.161. The first-order valence-electron chi connectivity index (χ1n) is 8.81. The van der Waals surface area contributed by atoms with E-state index in [9.17, 15) is 9.59 Å². The highest BCUT2D eigenvalue weighted by molar-refractivity contribution is 5.98. The number of nitrogens with one attached hydrogen (secondary N) is 2. The van der Waals surface area contributed by atoms with Gasteiger partial charge in [-0.2, -0.15) is 0 Å². The Labute approximate surface area is 152 Å². The molecule has 1 saturated heterocycles. The number of nitrogens with zero attached hydrogens (tertiary/aromatic N) is 1. The fourth-order valence-electron chi connectivity index (χ4n) is 3.55. The Kier molecular flexibility index (Phi) is 4.42. The van der Waals surface area contributed by atoms with Crippen molar-refractivity contribution in [1.82, 2.24) is 15.6 Å². The average Bonchev–Trinajstić information content (AvgIpc) is 3.08. The number of carbonyl (C=O) groups excluding carboxylic acids is 2. The first kappa shape index (κ1) is 16.7. The van der Waals surface area contributed by atoms with Gasteiger partial charge in [0.1, 0.15) is 5.69 Å². The number of carbonyl (C=O) groups is 2. The molecule has 6 heteroatoms. The van der Waals surface area contributed by atoms with Crippen molar-refractivity contribution in [2.75, 3.05) is 20.3 Å². The zero-order valence-electron chi connectivity index (χ0n) is 14.6. The van der Waals surface area contributed by atoms with E-state index in [0.29, 0.717) is 42.7 Å². The van der Waals surface area contributed by atoms with E-state index in [2.05, 4.69) is 15.6 Å². The van der Waals surface area contributed by atoms with E-state index < -0.39 is 0 Å². The maximum atomic E-state index is 12.7. The Hall–Kier alpha value is -2.73. The molecule has 2 atom stereocenters. The van der Waals surface area contributed by atoms with Gasteiger partial charge in [-0.25, -0.2) is 4.98 Å². The monoisotopic (exact) mass is 351 g/mol. The van der Waals surface area contributed by atoms with Gasteiger partial charge in [-0.3, -0.25) is 9.59 Å². The number of pyridine rings is 1. The zero-order chi connectivity index (χ0) is 18.1. The largest absolute Gasteiger partial charge is 0.381 e. The summed E-state index contributed by atoms with van der Waals surface area (Å²) in [6.45, 7) is 1.43. The third-order valence-corrected chi connectivity index (χ3v) is 5.08. The molecule has 4 rings (SSSR count). The van der Waals surface area contributed by atoms with Gasteiger partial charge in [0.2, 0.25) is 0 Å². The van der Waals surface area contributed by atoms with Crippen LogP contribution in [0.2, 0.25) is 0 Å². The molecule has 2 aromatic rings. The van der Waals surface area contributed by atoms with E-state index in [-0.39, 0.29) is 23.6 Å². The molecule has 2 N–H and O–H groups in total. The number of aromatic nitrogens is 1. The maximum Gasteiger partial charge on any atom is 0.269 e. The van der Waals surface area contributed by atoms with Crippen LogP contribution in [0.3, 0.4) is 0 Å². The van der Waals surface area contributed by atoms with Gasteiger partial charge in [0.15, 0.2) is 0 Å². The van der Waals surface area contributed by atoms with Crippen LogP contribution in [-0.4, -0.2) is 43.1 Å². The summed E-state index contributed by atoms with van der Waals surface area (Å²) in [6, 6.07) is 13.4. The SMILES string of the molecule is CNC(=O)c1cc(C(=O)NC2C3COCC32)cc(Cc2ccccc2)n1. The van der Waals surface area contributed by atoms with Crippen LogP contribution in [0.5, 0.6) is 0 Å². The Balaban J connectivity index is 1.57. The lowest BCUT2D eigenvalue weighted by molar-refractivity contribution is 0.0928. The van der Waals surface area contributed by atoms with Crippen molar-refractivity contribution in [3.05, 3.63) is 65.0 Å². The first-order chi connectivity index (χ1) is 12.7. The molecule has 2 aliphatic rings. The van der Waals surface area contributed by atoms with Crippen molar-refractivity contribution in [2.24, 2.45) is 11.8 Å². The second-order valence-corrected chi connectivity index (χ2v) is 6.84. The van der Waals surface area contributed by atoms with Crippen molar-refractivity contribution in [1.29, 1.82) is 0 Å². The quantitative estimate of drug-likeness (QED) is 0.853. The highest BCUT2D eigenvalue weighted by Crippen LogP contribution is 2.44. The third kappa shape index (κ3) is 3.32. The summed E-state index contributed by atoms with van der Waals surface area (Å²) in [7, 11) is 1.55. The van der Waals surface area contributed by atoms with E-state index in [0.717, 1.165) is 5.56 Å². The minimum atomic E-state index is -0.300. The standard InChI is InChI=1S/C20H21N3O3/c1-21-20(25)17-9-13(19(24)23-18-15-10-26-11-16(15)18)8-14(22-17)7-12-5-3-2-4-6-12/h2-6,8-9,15-16,18H,7,10-11H2,1H3,(H,21,25)(H,23,24). The average molecular weight is 351 g/mol. The molecule has 26 heavy (non-hydrogen) atoms. The second-order valence-electron chi connectivity index (χ2n) is 6.84. The molecule has 2 amide bonds. The number of fused-ring (bicyclic) bond motifs is 1. The van der Waals surface area contributed by atoms with Crippen LogP contribution in [-0.2, 0) is 11.2 Å². The number of rotatable bonds is 5. The molecule has 0 bridgehead atoms. The van der Waals surface area contributed by atoms with Crippen LogP contribution < -0.4 is 10.6 Å². The van der Waals surface area contributed by atoms with Gasteiger partial charge in [-0.1, -0.05) is 30.3 Å². The zero-order valence-corrected chi connectivity index (χ0v) is 14.6. The molecule has 134 valence electrons. The van der Waals surface area contributed by atoms with Crippen molar-refractivity contribution in [3.63, 3.8) is 0 Å². The Bertz CT molecular complexity index is 827. The van der Waals surface area contributed by atoms with Crippen LogP contribution in [0.1, 0.15) is 32.1 Å². The topological polar surface area (TPSA) is 80.3 Å². The van der Waals surface area contributed by atoms with E-state index in [1.54, 1.807) is 19.2 Å². The number of hydrogen-bond donors (Lipinski definition) is 2. The van der Waals surface area contributed by atoms with Crippen LogP contribution in [0.15, 0.2) is 42.5 Å². The van der Waals surface area contributed by atoms with Crippen molar-refractivity contribution >= 4 is 11.8 Å². The van der Waals surface area contributed by atoms with Gasteiger partial charge in [-0.15, -0.1) is 0 Å². The molecule has 0 spiro atoms. The summed E-state index contributed by atoms with van der Waals surface area (Å²) in [5, 5.41) is 5.64. The molecule has 6 nitrogen and oxygen atoms in total. The van der Waals surface area contributed by atoms with Gasteiger partial charge in [0, 0.05) is 42.6 Å². The summed E-state index contributed by atoms with van der Waals surface area (Å²) in [5.41, 5.74) is 2.50. The van der Waals surface area contributed by atoms with Crippen LogP contribution in [0, 0.1) is 11.8 Å². The molecular formula is C20H21N3O3. The lowest BCUT2D eigenvalue weighted by atomic mass is 10.1. The number of hydrogen-bond acceptors (Lipinski definition) is 4. The minimum Gasteiger partial charge on any atom is -0.381 e. The highest BCUT2D eigenvalue weighted by atomic mass is 16.5. The Morgan fingerprint density at radius 1 is 1.12 bits per heavy atom. The molecule has 1 saturated carbocycles. The fraction of sp³-hybridized carbons (Fsp3) is 0.350. The summed E-state index contributed by atoms with van der Waals surface area (Å²) in [4.78, 5) is 29.2. The molecule has 2 fully saturated rings. The van der Waals surface area contributed by atoms with Crippen molar-refractivity contribution in [2.45, 2.75) is 12.5 Å². The van der Waals surface area contributed by atoms with E-state index in [1.165, 1.54) is 0 Å². The van der Waals surface area contributed by atoms with Gasteiger partial charge < -0.3 is 15.4 Å². The molecule has 2 unspecified atom stereocenters. The lowest BCUT2D eigenvalue weighted by Gasteiger charge is -2.11. The molecular weight excluding hydrogens is 330 g/mol. The van der Waals surface area contributed by atoms with Gasteiger partial charge in [0.25, 0.3) is 11.8 Å². The normalized spacial score (nSPS) is 23.2. The van der Waals surface area contributed by atoms with E-state index >= 15 is 0 Å². The summed E-state index contributed by atoms with van der Waals surface area (Å²) < 4.78 is 5.36. The van der Waals surface area contributed by atoms with Gasteiger partial charge in [0.05, 0.1) is 13.2 Å². The third-order valence-electron chi connectivity index (χ3n) is 5.08. The highest BCUT2D eigenvalue weighted by Gasteiger charge is 2.54. The molecule has 1 aromatic carbocycles. The predicted molar refractivity (Wildman–Crippen MR) is 95.9 cm³/mol. The van der Waals surface area contributed by atoms with Crippen molar-refractivity contribution < 1.29 is 14.3 Å². The van der Waals surface area contributed by atoms with Crippen LogP contribution in [0.4, 0.5) is 0 Å². The number of ether oxygens (including phenoxy) is 1. The van der Waals surface area contributed by atoms with Crippen molar-refractivity contribution in [3.8, 4) is 0 Å². The summed E-state index contributed by atoms with van der Waals surface area (Å²) in [5.74, 6) is 0.405. The predicted octanol–water partition coefficient (Wildman–Crippen LogP) is 1.41. The maximum absolute atomic E-state index is 12.7.